The first-order valence-corrected chi connectivity index (χ1v) is 8.33. The lowest BCUT2D eigenvalue weighted by molar-refractivity contribution is -0.137. The van der Waals surface area contributed by atoms with E-state index in [4.69, 9.17) is 16.3 Å². The Morgan fingerprint density at radius 3 is 2.57 bits per heavy atom. The molecule has 21 heavy (non-hydrogen) atoms. The zero-order valence-electron chi connectivity index (χ0n) is 14.2. The first kappa shape index (κ1) is 20.2. The smallest absolute Gasteiger partial charge is 0.330 e. The van der Waals surface area contributed by atoms with E-state index in [0.29, 0.717) is 12.5 Å². The largest absolute Gasteiger partial charge is 0.463 e. The van der Waals surface area contributed by atoms with E-state index in [0.717, 1.165) is 18.4 Å². The lowest BCUT2D eigenvalue weighted by Crippen LogP contribution is -2.10. The third kappa shape index (κ3) is 14.0. The molecule has 0 radical (unpaired) electrons. The van der Waals surface area contributed by atoms with Crippen LogP contribution in [0.4, 0.5) is 0 Å². The molecule has 0 aliphatic carbocycles. The highest BCUT2D eigenvalue weighted by Gasteiger charge is 2.13. The van der Waals surface area contributed by atoms with Gasteiger partial charge in [0.1, 0.15) is 0 Å². The number of hydrogen-bond acceptors (Lipinski definition) is 2. The summed E-state index contributed by atoms with van der Waals surface area (Å²) in [7, 11) is 0. The Balaban J connectivity index is 3.86. The van der Waals surface area contributed by atoms with Gasteiger partial charge >= 0.3 is 5.97 Å². The number of carbonyl (C=O) groups excluding carboxylic acids is 1. The molecule has 0 aliphatic rings. The number of esters is 1. The molecule has 0 N–H and O–H groups in total. The van der Waals surface area contributed by atoms with Gasteiger partial charge in [-0.05, 0) is 58.4 Å². The molecule has 0 rings (SSSR count). The van der Waals surface area contributed by atoms with Gasteiger partial charge in [-0.25, -0.2) is 4.79 Å². The summed E-state index contributed by atoms with van der Waals surface area (Å²) in [6, 6.07) is 0. The maximum absolute atomic E-state index is 11.3. The average molecular weight is 315 g/mol. The molecular weight excluding hydrogens is 284 g/mol. The maximum atomic E-state index is 11.3. The molecule has 0 aromatic carbocycles. The van der Waals surface area contributed by atoms with Gasteiger partial charge in [-0.2, -0.15) is 0 Å². The number of carbonyl (C=O) groups is 1. The first-order valence-electron chi connectivity index (χ1n) is 7.95. The van der Waals surface area contributed by atoms with Crippen LogP contribution in [0.2, 0.25) is 0 Å². The number of hydrogen-bond donors (Lipinski definition) is 0. The van der Waals surface area contributed by atoms with Crippen LogP contribution >= 0.6 is 11.6 Å². The molecule has 0 saturated carbocycles. The van der Waals surface area contributed by atoms with Gasteiger partial charge in [-0.3, -0.25) is 0 Å². The van der Waals surface area contributed by atoms with Crippen LogP contribution in [-0.4, -0.2) is 17.5 Å². The second-order valence-corrected chi connectivity index (χ2v) is 7.36. The van der Waals surface area contributed by atoms with E-state index < -0.39 is 0 Å². The third-order valence-corrected chi connectivity index (χ3v) is 3.50. The molecule has 0 aromatic heterocycles. The van der Waals surface area contributed by atoms with Crippen LogP contribution in [0, 0.1) is 5.92 Å². The van der Waals surface area contributed by atoms with Crippen molar-refractivity contribution in [2.75, 3.05) is 6.61 Å². The summed E-state index contributed by atoms with van der Waals surface area (Å²) in [5.74, 6) is 0.444. The van der Waals surface area contributed by atoms with Crippen molar-refractivity contribution in [2.24, 2.45) is 5.92 Å². The normalized spacial score (nSPS) is 14.5. The van der Waals surface area contributed by atoms with Crippen molar-refractivity contribution in [1.29, 1.82) is 0 Å². The van der Waals surface area contributed by atoms with Crippen molar-refractivity contribution in [3.8, 4) is 0 Å². The molecule has 0 spiro atoms. The van der Waals surface area contributed by atoms with E-state index in [2.05, 4.69) is 26.8 Å². The number of rotatable bonds is 10. The predicted molar refractivity (Wildman–Crippen MR) is 91.7 cm³/mol. The minimum absolute atomic E-state index is 0.0748. The Morgan fingerprint density at radius 1 is 1.33 bits per heavy atom. The topological polar surface area (TPSA) is 26.3 Å². The van der Waals surface area contributed by atoms with Gasteiger partial charge in [0.2, 0.25) is 0 Å². The summed E-state index contributed by atoms with van der Waals surface area (Å²) in [6.45, 7) is 10.6. The van der Waals surface area contributed by atoms with Crippen LogP contribution in [0.5, 0.6) is 0 Å². The van der Waals surface area contributed by atoms with E-state index >= 15 is 0 Å². The van der Waals surface area contributed by atoms with Gasteiger partial charge < -0.3 is 4.74 Å². The molecule has 1 atom stereocenters. The fourth-order valence-corrected chi connectivity index (χ4v) is 2.22. The highest BCUT2D eigenvalue weighted by atomic mass is 35.5. The molecule has 0 saturated heterocycles. The van der Waals surface area contributed by atoms with Gasteiger partial charge in [0, 0.05) is 11.0 Å². The van der Waals surface area contributed by atoms with Gasteiger partial charge in [0.15, 0.2) is 0 Å². The lowest BCUT2D eigenvalue weighted by Gasteiger charge is -2.16. The van der Waals surface area contributed by atoms with Crippen LogP contribution in [0.15, 0.2) is 23.8 Å². The van der Waals surface area contributed by atoms with Crippen molar-refractivity contribution in [3.63, 3.8) is 0 Å². The predicted octanol–water partition coefficient (Wildman–Crippen LogP) is 5.66. The van der Waals surface area contributed by atoms with Crippen LogP contribution < -0.4 is 0 Å². The lowest BCUT2D eigenvalue weighted by atomic mass is 9.95. The van der Waals surface area contributed by atoms with Gasteiger partial charge in [-0.15, -0.1) is 11.6 Å². The van der Waals surface area contributed by atoms with E-state index in [1.165, 1.54) is 25.3 Å². The summed E-state index contributed by atoms with van der Waals surface area (Å²) in [4.78, 5) is 11.2. The molecule has 0 fully saturated rings. The van der Waals surface area contributed by atoms with Gasteiger partial charge in [0.25, 0.3) is 0 Å². The van der Waals surface area contributed by atoms with Gasteiger partial charge in [-0.1, -0.05) is 31.9 Å². The molecule has 0 bridgehead atoms. The summed E-state index contributed by atoms with van der Waals surface area (Å²) in [5.41, 5.74) is 0.935. The summed E-state index contributed by atoms with van der Waals surface area (Å²) < 4.78 is 4.87. The second kappa shape index (κ2) is 10.9. The molecule has 122 valence electrons. The zero-order valence-corrected chi connectivity index (χ0v) is 15.0. The number of ether oxygens (including phenoxy) is 1. The van der Waals surface area contributed by atoms with Gasteiger partial charge in [0.05, 0.1) is 6.61 Å². The van der Waals surface area contributed by atoms with Crippen LogP contribution in [0.25, 0.3) is 0 Å². The molecule has 0 amide bonds. The molecule has 1 unspecified atom stereocenters. The quantitative estimate of drug-likeness (QED) is 0.225. The van der Waals surface area contributed by atoms with Crippen LogP contribution in [-0.2, 0) is 9.53 Å². The Morgan fingerprint density at radius 2 is 2.00 bits per heavy atom. The number of alkyl halides is 1. The fourth-order valence-electron chi connectivity index (χ4n) is 2.08. The van der Waals surface area contributed by atoms with E-state index in [1.54, 1.807) is 0 Å². The molecular formula is C18H31ClO2. The summed E-state index contributed by atoms with van der Waals surface area (Å²) >= 11 is 6.19. The van der Waals surface area contributed by atoms with Crippen LogP contribution in [0.3, 0.4) is 0 Å². The Hall–Kier alpha value is -0.760. The minimum Gasteiger partial charge on any atom is -0.463 e. The van der Waals surface area contributed by atoms with Crippen molar-refractivity contribution in [3.05, 3.63) is 23.8 Å². The van der Waals surface area contributed by atoms with E-state index in [1.807, 2.05) is 19.9 Å². The molecule has 0 heterocycles. The monoisotopic (exact) mass is 314 g/mol. The van der Waals surface area contributed by atoms with Crippen molar-refractivity contribution in [2.45, 2.75) is 71.6 Å². The van der Waals surface area contributed by atoms with Crippen molar-refractivity contribution < 1.29 is 9.53 Å². The van der Waals surface area contributed by atoms with E-state index in [-0.39, 0.29) is 10.8 Å². The SMILES string of the molecule is CCOC(=O)/C=C(C)/C=C/CCC(C)CCCC(C)(C)Cl. The third-order valence-electron chi connectivity index (χ3n) is 3.31. The maximum Gasteiger partial charge on any atom is 0.330 e. The van der Waals surface area contributed by atoms with Crippen LogP contribution in [0.1, 0.15) is 66.7 Å². The fraction of sp³-hybridized carbons (Fsp3) is 0.722. The number of allylic oxidation sites excluding steroid dienone is 3. The second-order valence-electron chi connectivity index (χ2n) is 6.34. The zero-order chi connectivity index (χ0) is 16.3. The van der Waals surface area contributed by atoms with E-state index in [9.17, 15) is 4.79 Å². The van der Waals surface area contributed by atoms with Crippen molar-refractivity contribution >= 4 is 17.6 Å². The molecule has 0 aliphatic heterocycles. The summed E-state index contributed by atoms with van der Waals surface area (Å²) in [5, 5.41) is 0. The molecule has 0 aromatic rings. The first-order chi connectivity index (χ1) is 9.74. The standard InChI is InChI=1S/C18H31ClO2/c1-6-21-17(20)14-16(3)11-8-7-10-15(2)12-9-13-18(4,5)19/h8,11,14-15H,6-7,9-10,12-13H2,1-5H3/b11-8+,16-14+. The average Bonchev–Trinajstić information content (AvgIpc) is 2.33. The molecule has 3 heteroatoms. The minimum atomic E-state index is -0.267. The highest BCUT2D eigenvalue weighted by Crippen LogP contribution is 2.23. The number of halogens is 1. The Kier molecular flexibility index (Phi) is 10.5. The Bertz CT molecular complexity index is 351. The summed E-state index contributed by atoms with van der Waals surface area (Å²) in [6.07, 6.45) is 11.3. The highest BCUT2D eigenvalue weighted by molar-refractivity contribution is 6.23. The van der Waals surface area contributed by atoms with Crippen molar-refractivity contribution in [1.82, 2.24) is 0 Å². The Labute approximate surface area is 135 Å². The molecule has 2 nitrogen and oxygen atoms in total.